The van der Waals surface area contributed by atoms with E-state index >= 15 is 0 Å². The monoisotopic (exact) mass is 571 g/mol. The van der Waals surface area contributed by atoms with Gasteiger partial charge in [-0.1, -0.05) is 112 Å². The van der Waals surface area contributed by atoms with Crippen LogP contribution in [0.25, 0.3) is 22.6 Å². The van der Waals surface area contributed by atoms with E-state index in [1.54, 1.807) is 12.1 Å². The molecule has 0 saturated heterocycles. The number of aromatic nitrogens is 2. The van der Waals surface area contributed by atoms with E-state index in [-0.39, 0.29) is 11.4 Å². The molecular weight excluding hydrogens is 546 g/mol. The third kappa shape index (κ3) is 4.97. The zero-order chi connectivity index (χ0) is 26.0. The van der Waals surface area contributed by atoms with E-state index in [2.05, 4.69) is 15.9 Å². The maximum absolute atomic E-state index is 14.2. The fraction of sp³-hybridized carbons (Fsp3) is 0.100. The lowest BCUT2D eigenvalue weighted by Crippen LogP contribution is -2.31. The second-order valence-electron chi connectivity index (χ2n) is 8.82. The molecule has 5 nitrogen and oxygen atoms in total. The van der Waals surface area contributed by atoms with Crippen LogP contribution in [0.4, 0.5) is 5.82 Å². The fourth-order valence-corrected chi connectivity index (χ4v) is 6.19. The van der Waals surface area contributed by atoms with Crippen LogP contribution in [0.1, 0.15) is 11.1 Å². The minimum absolute atomic E-state index is 0.142. The van der Waals surface area contributed by atoms with Gasteiger partial charge in [0.15, 0.2) is 5.82 Å². The molecular formula is C30H26BrN3O2S. The molecule has 0 aliphatic heterocycles. The molecule has 0 unspecified atom stereocenters. The molecule has 0 fully saturated rings. The van der Waals surface area contributed by atoms with Crippen molar-refractivity contribution in [1.82, 2.24) is 9.55 Å². The zero-order valence-corrected chi connectivity index (χ0v) is 22.9. The van der Waals surface area contributed by atoms with E-state index in [1.165, 1.54) is 4.31 Å². The summed E-state index contributed by atoms with van der Waals surface area (Å²) < 4.78 is 32.7. The van der Waals surface area contributed by atoms with Gasteiger partial charge in [-0.15, -0.1) is 0 Å². The molecule has 0 aliphatic carbocycles. The number of aryl methyl sites for hydroxylation is 1. The van der Waals surface area contributed by atoms with Gasteiger partial charge in [0.05, 0.1) is 17.1 Å². The Labute approximate surface area is 226 Å². The molecule has 186 valence electrons. The number of benzene rings is 4. The number of sulfonamides is 1. The van der Waals surface area contributed by atoms with Crippen LogP contribution in [0.2, 0.25) is 0 Å². The Morgan fingerprint density at radius 3 is 2.05 bits per heavy atom. The SMILES string of the molecule is Cc1ccc(S(=O)(=O)N(Cc2ccccc2)c2nc(-c3ccccc3Br)n(C)c2-c2ccccc2)cc1. The standard InChI is InChI=1S/C30H26BrN3O2S/c1-22-17-19-25(20-18-22)37(35,36)34(21-23-11-5-3-6-12-23)30-28(24-13-7-4-8-14-24)33(2)29(32-30)26-15-9-10-16-27(26)31/h3-20H,21H2,1-2H3. The van der Waals surface area contributed by atoms with Crippen molar-refractivity contribution in [2.45, 2.75) is 18.4 Å². The first-order chi connectivity index (χ1) is 17.9. The largest absolute Gasteiger partial charge is 0.325 e. The van der Waals surface area contributed by atoms with Crippen LogP contribution < -0.4 is 4.31 Å². The van der Waals surface area contributed by atoms with Crippen molar-refractivity contribution in [3.05, 3.63) is 125 Å². The average Bonchev–Trinajstić information content (AvgIpc) is 3.25. The normalized spacial score (nSPS) is 11.4. The lowest BCUT2D eigenvalue weighted by atomic mass is 10.1. The first-order valence-corrected chi connectivity index (χ1v) is 14.1. The van der Waals surface area contributed by atoms with Gasteiger partial charge in [-0.05, 0) is 30.7 Å². The van der Waals surface area contributed by atoms with E-state index in [1.807, 2.05) is 116 Å². The summed E-state index contributed by atoms with van der Waals surface area (Å²) >= 11 is 3.65. The van der Waals surface area contributed by atoms with Gasteiger partial charge in [0.25, 0.3) is 10.0 Å². The van der Waals surface area contributed by atoms with Gasteiger partial charge in [-0.25, -0.2) is 17.7 Å². The average molecular weight is 573 g/mol. The van der Waals surface area contributed by atoms with Gasteiger partial charge in [0.1, 0.15) is 5.82 Å². The second-order valence-corrected chi connectivity index (χ2v) is 11.5. The summed E-state index contributed by atoms with van der Waals surface area (Å²) in [5, 5.41) is 0. The molecule has 0 saturated carbocycles. The highest BCUT2D eigenvalue weighted by Crippen LogP contribution is 2.39. The molecule has 37 heavy (non-hydrogen) atoms. The number of hydrogen-bond acceptors (Lipinski definition) is 3. The summed E-state index contributed by atoms with van der Waals surface area (Å²) in [5.74, 6) is 1.04. The Morgan fingerprint density at radius 1 is 0.811 bits per heavy atom. The Morgan fingerprint density at radius 2 is 1.41 bits per heavy atom. The lowest BCUT2D eigenvalue weighted by Gasteiger charge is -2.24. The van der Waals surface area contributed by atoms with Crippen LogP contribution in [0.5, 0.6) is 0 Å². The highest BCUT2D eigenvalue weighted by Gasteiger charge is 2.32. The summed E-state index contributed by atoms with van der Waals surface area (Å²) in [6.45, 7) is 2.08. The third-order valence-electron chi connectivity index (χ3n) is 6.25. The Kier molecular flexibility index (Phi) is 7.00. The van der Waals surface area contributed by atoms with Crippen LogP contribution in [0.15, 0.2) is 119 Å². The third-order valence-corrected chi connectivity index (χ3v) is 8.69. The first kappa shape index (κ1) is 25.0. The van der Waals surface area contributed by atoms with Crippen molar-refractivity contribution in [1.29, 1.82) is 0 Å². The smallest absolute Gasteiger partial charge is 0.265 e. The van der Waals surface area contributed by atoms with Crippen LogP contribution in [0, 0.1) is 6.92 Å². The van der Waals surface area contributed by atoms with Gasteiger partial charge in [-0.2, -0.15) is 0 Å². The van der Waals surface area contributed by atoms with Gasteiger partial charge >= 0.3 is 0 Å². The summed E-state index contributed by atoms with van der Waals surface area (Å²) in [6, 6.07) is 34.1. The molecule has 7 heteroatoms. The van der Waals surface area contributed by atoms with Gasteiger partial charge in [0.2, 0.25) is 0 Å². The summed E-state index contributed by atoms with van der Waals surface area (Å²) in [4.78, 5) is 5.23. The van der Waals surface area contributed by atoms with Gasteiger partial charge in [0, 0.05) is 22.6 Å². The summed E-state index contributed by atoms with van der Waals surface area (Å²) in [6.07, 6.45) is 0. The van der Waals surface area contributed by atoms with E-state index in [4.69, 9.17) is 4.98 Å². The second kappa shape index (κ2) is 10.4. The van der Waals surface area contributed by atoms with Crippen molar-refractivity contribution in [3.63, 3.8) is 0 Å². The van der Waals surface area contributed by atoms with Crippen molar-refractivity contribution in [3.8, 4) is 22.6 Å². The molecule has 0 bridgehead atoms. The minimum atomic E-state index is -3.95. The zero-order valence-electron chi connectivity index (χ0n) is 20.5. The summed E-state index contributed by atoms with van der Waals surface area (Å²) in [7, 11) is -2.03. The first-order valence-electron chi connectivity index (χ1n) is 11.9. The minimum Gasteiger partial charge on any atom is -0.325 e. The lowest BCUT2D eigenvalue weighted by molar-refractivity contribution is 0.590. The summed E-state index contributed by atoms with van der Waals surface area (Å²) in [5.41, 5.74) is 4.33. The molecule has 0 spiro atoms. The Hall–Kier alpha value is -3.68. The molecule has 0 atom stereocenters. The molecule has 5 aromatic rings. The number of rotatable bonds is 7. The van der Waals surface area contributed by atoms with Crippen LogP contribution >= 0.6 is 15.9 Å². The Balaban J connectivity index is 1.78. The molecule has 5 rings (SSSR count). The van der Waals surface area contributed by atoms with Crippen molar-refractivity contribution in [2.75, 3.05) is 4.31 Å². The fourth-order valence-electron chi connectivity index (χ4n) is 4.32. The number of anilines is 1. The molecule has 4 aromatic carbocycles. The van der Waals surface area contributed by atoms with Crippen molar-refractivity contribution >= 4 is 31.8 Å². The predicted molar refractivity (Wildman–Crippen MR) is 153 cm³/mol. The molecule has 1 heterocycles. The van der Waals surface area contributed by atoms with Gasteiger partial charge < -0.3 is 4.57 Å². The number of imidazole rings is 1. The van der Waals surface area contributed by atoms with Crippen LogP contribution in [0.3, 0.4) is 0 Å². The molecule has 0 radical (unpaired) electrons. The van der Waals surface area contributed by atoms with Crippen molar-refractivity contribution in [2.24, 2.45) is 7.05 Å². The van der Waals surface area contributed by atoms with Gasteiger partial charge in [-0.3, -0.25) is 0 Å². The Bertz CT molecular complexity index is 1630. The molecule has 0 N–H and O–H groups in total. The maximum Gasteiger partial charge on any atom is 0.265 e. The predicted octanol–water partition coefficient (Wildman–Crippen LogP) is 7.22. The van der Waals surface area contributed by atoms with E-state index in [0.29, 0.717) is 11.6 Å². The van der Waals surface area contributed by atoms with Crippen molar-refractivity contribution < 1.29 is 8.42 Å². The van der Waals surface area contributed by atoms with E-state index in [0.717, 1.165) is 32.4 Å². The highest BCUT2D eigenvalue weighted by molar-refractivity contribution is 9.10. The molecule has 1 aromatic heterocycles. The van der Waals surface area contributed by atoms with E-state index in [9.17, 15) is 8.42 Å². The maximum atomic E-state index is 14.2. The highest BCUT2D eigenvalue weighted by atomic mass is 79.9. The molecule has 0 aliphatic rings. The number of halogens is 1. The number of hydrogen-bond donors (Lipinski definition) is 0. The molecule has 0 amide bonds. The van der Waals surface area contributed by atoms with E-state index < -0.39 is 10.0 Å². The van der Waals surface area contributed by atoms with Crippen LogP contribution in [-0.4, -0.2) is 18.0 Å². The number of nitrogens with zero attached hydrogens (tertiary/aromatic N) is 3. The topological polar surface area (TPSA) is 55.2 Å². The quantitative estimate of drug-likeness (QED) is 0.207. The van der Waals surface area contributed by atoms with Crippen LogP contribution in [-0.2, 0) is 23.6 Å².